The molecule has 0 aromatic rings. The van der Waals surface area contributed by atoms with Gasteiger partial charge in [0, 0.05) is 29.0 Å². The van der Waals surface area contributed by atoms with Crippen molar-refractivity contribution in [3.63, 3.8) is 0 Å². The molecule has 0 heterocycles. The van der Waals surface area contributed by atoms with E-state index in [0.29, 0.717) is 5.67 Å². The summed E-state index contributed by atoms with van der Waals surface area (Å²) in [6.07, 6.45) is 2.24. The van der Waals surface area contributed by atoms with E-state index in [4.69, 9.17) is 0 Å². The highest BCUT2D eigenvalue weighted by Gasteiger charge is 1.97. The highest BCUT2D eigenvalue weighted by atomic mass is 28.1. The second kappa shape index (κ2) is 8.13. The summed E-state index contributed by atoms with van der Waals surface area (Å²) in [6.45, 7) is 9.34. The number of likely N-dealkylation sites (N-methyl/N-ethyl adjacent to an activating group) is 1. The second-order valence-electron chi connectivity index (χ2n) is 2.99. The van der Waals surface area contributed by atoms with Crippen LogP contribution in [0, 0.1) is 0 Å². The average molecular weight is 201 g/mol. The molecule has 3 nitrogen and oxygen atoms in total. The molecule has 0 spiro atoms. The maximum absolute atomic E-state index is 3.40. The van der Waals surface area contributed by atoms with Crippen LogP contribution >= 0.6 is 0 Å². The van der Waals surface area contributed by atoms with Crippen molar-refractivity contribution in [3.8, 4) is 0 Å². The molecule has 1 unspecified atom stereocenters. The molecule has 0 aromatic carbocycles. The third-order valence-corrected chi connectivity index (χ3v) is 2.42. The molecule has 0 radical (unpaired) electrons. The Morgan fingerprint density at radius 3 is 2.08 bits per heavy atom. The Labute approximate surface area is 84.8 Å². The minimum Gasteiger partial charge on any atom is -0.372 e. The smallest absolute Gasteiger partial charge is 0.0957 e. The number of hydrogen-bond donors (Lipinski definition) is 3. The van der Waals surface area contributed by atoms with Crippen molar-refractivity contribution in [1.29, 1.82) is 0 Å². The van der Waals surface area contributed by atoms with Gasteiger partial charge in [0.15, 0.2) is 0 Å². The van der Waals surface area contributed by atoms with Gasteiger partial charge in [-0.15, -0.1) is 0 Å². The van der Waals surface area contributed by atoms with Gasteiger partial charge < -0.3 is 16.0 Å². The third kappa shape index (κ3) is 6.66. The lowest BCUT2D eigenvalue weighted by molar-refractivity contribution is 0.689. The summed E-state index contributed by atoms with van der Waals surface area (Å²) in [5.74, 6) is 1.16. The monoisotopic (exact) mass is 201 g/mol. The molecule has 0 aliphatic heterocycles. The van der Waals surface area contributed by atoms with Crippen LogP contribution < -0.4 is 16.0 Å². The summed E-state index contributed by atoms with van der Waals surface area (Å²) in [5, 5.41) is 10.0. The summed E-state index contributed by atoms with van der Waals surface area (Å²) >= 11 is 0. The van der Waals surface area contributed by atoms with Crippen molar-refractivity contribution in [2.45, 2.75) is 26.4 Å². The van der Waals surface area contributed by atoms with E-state index in [0.717, 1.165) is 35.7 Å². The van der Waals surface area contributed by atoms with Crippen LogP contribution in [0.3, 0.4) is 0 Å². The minimum atomic E-state index is 0.554. The molecule has 0 aromatic heterocycles. The van der Waals surface area contributed by atoms with Gasteiger partial charge in [-0.1, -0.05) is 6.92 Å². The first-order valence-electron chi connectivity index (χ1n) is 5.17. The van der Waals surface area contributed by atoms with Gasteiger partial charge in [-0.05, 0) is 26.5 Å². The lowest BCUT2D eigenvalue weighted by atomic mass is 10.4. The van der Waals surface area contributed by atoms with E-state index in [1.54, 1.807) is 0 Å². The second-order valence-corrected chi connectivity index (χ2v) is 4.23. The van der Waals surface area contributed by atoms with Gasteiger partial charge in [0.2, 0.25) is 0 Å². The summed E-state index contributed by atoms with van der Waals surface area (Å²) in [5.41, 5.74) is 0.554. The van der Waals surface area contributed by atoms with Crippen LogP contribution in [0.5, 0.6) is 0 Å². The fourth-order valence-electron chi connectivity index (χ4n) is 1.19. The third-order valence-electron chi connectivity index (χ3n) is 1.68. The van der Waals surface area contributed by atoms with Crippen LogP contribution in [0.4, 0.5) is 0 Å². The maximum Gasteiger partial charge on any atom is 0.0957 e. The first-order chi connectivity index (χ1) is 6.24. The molecule has 4 heteroatoms. The van der Waals surface area contributed by atoms with E-state index in [1.165, 1.54) is 0 Å². The summed E-state index contributed by atoms with van der Waals surface area (Å²) in [6, 6.07) is 0. The molecule has 3 N–H and O–H groups in total. The normalized spacial score (nSPS) is 12.2. The lowest BCUT2D eigenvalue weighted by Gasteiger charge is -2.14. The van der Waals surface area contributed by atoms with Crippen LogP contribution in [-0.4, -0.2) is 35.5 Å². The van der Waals surface area contributed by atoms with Crippen molar-refractivity contribution >= 4 is 10.2 Å². The van der Waals surface area contributed by atoms with Crippen molar-refractivity contribution in [2.24, 2.45) is 0 Å². The van der Waals surface area contributed by atoms with Gasteiger partial charge in [0.25, 0.3) is 0 Å². The zero-order valence-electron chi connectivity index (χ0n) is 9.28. The van der Waals surface area contributed by atoms with Gasteiger partial charge in [-0.2, -0.15) is 0 Å². The molecule has 13 heavy (non-hydrogen) atoms. The van der Waals surface area contributed by atoms with Crippen molar-refractivity contribution in [2.75, 3.05) is 19.6 Å². The molecule has 78 valence electrons. The predicted octanol–water partition coefficient (Wildman–Crippen LogP) is -0.652. The van der Waals surface area contributed by atoms with Gasteiger partial charge >= 0.3 is 0 Å². The Balaban J connectivity index is 3.98. The molecule has 0 saturated carbocycles. The molecule has 0 amide bonds. The van der Waals surface area contributed by atoms with Gasteiger partial charge in [0.1, 0.15) is 0 Å². The van der Waals surface area contributed by atoms with Gasteiger partial charge in [-0.3, -0.25) is 0 Å². The Bertz CT molecular complexity index is 140. The van der Waals surface area contributed by atoms with Crippen molar-refractivity contribution in [1.82, 2.24) is 16.0 Å². The van der Waals surface area contributed by atoms with Crippen LogP contribution in [0.25, 0.3) is 0 Å². The maximum atomic E-state index is 3.40. The van der Waals surface area contributed by atoms with Crippen LogP contribution in [-0.2, 0) is 0 Å². The van der Waals surface area contributed by atoms with Crippen LogP contribution in [0.2, 0.25) is 0 Å². The van der Waals surface area contributed by atoms with E-state index in [9.17, 15) is 0 Å². The van der Waals surface area contributed by atoms with E-state index in [2.05, 4.69) is 42.8 Å². The molecular formula is C9H23N3Si. The van der Waals surface area contributed by atoms with E-state index >= 15 is 0 Å². The van der Waals surface area contributed by atoms with E-state index < -0.39 is 0 Å². The fraction of sp³-hybridized carbons (Fsp3) is 0.778. The molecule has 1 atom stereocenters. The van der Waals surface area contributed by atoms with Gasteiger partial charge in [0.05, 0.1) is 5.82 Å². The Kier molecular flexibility index (Phi) is 7.83. The zero-order valence-corrected chi connectivity index (χ0v) is 11.3. The zero-order chi connectivity index (χ0) is 10.1. The summed E-state index contributed by atoms with van der Waals surface area (Å²) < 4.78 is 0. The largest absolute Gasteiger partial charge is 0.372 e. The molecule has 0 rings (SSSR count). The van der Waals surface area contributed by atoms with Crippen molar-refractivity contribution < 1.29 is 0 Å². The topological polar surface area (TPSA) is 36.1 Å². The van der Waals surface area contributed by atoms with Crippen LogP contribution in [0.15, 0.2) is 11.9 Å². The highest BCUT2D eigenvalue weighted by molar-refractivity contribution is 6.13. The Morgan fingerprint density at radius 1 is 1.15 bits per heavy atom. The molecule has 0 aliphatic rings. The Morgan fingerprint density at radius 2 is 1.69 bits per heavy atom. The highest BCUT2D eigenvalue weighted by Crippen LogP contribution is 1.86. The van der Waals surface area contributed by atoms with E-state index in [-0.39, 0.29) is 0 Å². The standard InChI is InChI=1S/C9H23N3Si/c1-4-10-8(11-5-2)7-9(13)12-6-3/h7,9-12H,4-6H2,1-3,13H3. The summed E-state index contributed by atoms with van der Waals surface area (Å²) in [7, 11) is 1.14. The molecular weight excluding hydrogens is 178 g/mol. The van der Waals surface area contributed by atoms with Crippen molar-refractivity contribution in [3.05, 3.63) is 11.9 Å². The number of rotatable bonds is 7. The molecule has 0 saturated heterocycles. The fourth-order valence-corrected chi connectivity index (χ4v) is 1.93. The molecule has 0 bridgehead atoms. The lowest BCUT2D eigenvalue weighted by Crippen LogP contribution is -2.32. The molecule has 0 fully saturated rings. The minimum absolute atomic E-state index is 0.554. The number of nitrogens with one attached hydrogen (secondary N) is 3. The first-order valence-corrected chi connectivity index (χ1v) is 6.32. The predicted molar refractivity (Wildman–Crippen MR) is 62.8 cm³/mol. The van der Waals surface area contributed by atoms with E-state index in [1.807, 2.05) is 0 Å². The SMILES string of the molecule is CCNC(=CC([SiH3])NCC)NCC. The summed E-state index contributed by atoms with van der Waals surface area (Å²) in [4.78, 5) is 0. The number of hydrogen-bond acceptors (Lipinski definition) is 3. The van der Waals surface area contributed by atoms with Gasteiger partial charge in [-0.25, -0.2) is 0 Å². The first kappa shape index (κ1) is 12.5. The average Bonchev–Trinajstić information content (AvgIpc) is 2.05. The van der Waals surface area contributed by atoms with Crippen LogP contribution in [0.1, 0.15) is 20.8 Å². The molecule has 0 aliphatic carbocycles. The Hall–Kier alpha value is -0.483. The quantitative estimate of drug-likeness (QED) is 0.479.